The number of hydrogen-bond donors (Lipinski definition) is 0. The lowest BCUT2D eigenvalue weighted by molar-refractivity contribution is 0.0929. The smallest absolute Gasteiger partial charge is 0.181 e. The molecule has 0 amide bonds. The number of carbonyl (C=O) groups is 1. The van der Waals surface area contributed by atoms with Gasteiger partial charge in [0.1, 0.15) is 5.69 Å². The van der Waals surface area contributed by atoms with Crippen molar-refractivity contribution in [3.8, 4) is 0 Å². The van der Waals surface area contributed by atoms with Gasteiger partial charge in [0.15, 0.2) is 5.78 Å². The SMILES string of the molecule is CCCn1nccc1C(=O)CC(C)(C)C. The minimum atomic E-state index is 0.0401. The Kier molecular flexibility index (Phi) is 3.66. The van der Waals surface area contributed by atoms with E-state index in [1.54, 1.807) is 10.9 Å². The topological polar surface area (TPSA) is 34.9 Å². The maximum atomic E-state index is 12.0. The molecular weight excluding hydrogens is 188 g/mol. The van der Waals surface area contributed by atoms with Crippen molar-refractivity contribution in [2.45, 2.75) is 47.1 Å². The highest BCUT2D eigenvalue weighted by atomic mass is 16.1. The fourth-order valence-corrected chi connectivity index (χ4v) is 1.53. The lowest BCUT2D eigenvalue weighted by Crippen LogP contribution is -2.17. The van der Waals surface area contributed by atoms with E-state index < -0.39 is 0 Å². The van der Waals surface area contributed by atoms with Crippen LogP contribution in [0.4, 0.5) is 0 Å². The highest BCUT2D eigenvalue weighted by Crippen LogP contribution is 2.21. The van der Waals surface area contributed by atoms with Crippen LogP contribution in [-0.2, 0) is 6.54 Å². The van der Waals surface area contributed by atoms with Gasteiger partial charge in [0.05, 0.1) is 0 Å². The third-order valence-electron chi connectivity index (χ3n) is 2.13. The summed E-state index contributed by atoms with van der Waals surface area (Å²) < 4.78 is 1.80. The van der Waals surface area contributed by atoms with Crippen molar-refractivity contribution in [3.05, 3.63) is 18.0 Å². The highest BCUT2D eigenvalue weighted by Gasteiger charge is 2.19. The van der Waals surface area contributed by atoms with Crippen LogP contribution in [0.15, 0.2) is 12.3 Å². The second-order valence-electron chi connectivity index (χ2n) is 5.10. The summed E-state index contributed by atoms with van der Waals surface area (Å²) in [5.74, 6) is 0.188. The molecule has 0 aromatic carbocycles. The zero-order valence-electron chi connectivity index (χ0n) is 10.1. The predicted molar refractivity (Wildman–Crippen MR) is 60.9 cm³/mol. The number of Topliss-reactive ketones (excluding diaryl/α,β-unsaturated/α-hetero) is 1. The van der Waals surface area contributed by atoms with Gasteiger partial charge >= 0.3 is 0 Å². The van der Waals surface area contributed by atoms with Crippen LogP contribution >= 0.6 is 0 Å². The maximum absolute atomic E-state index is 12.0. The zero-order valence-corrected chi connectivity index (χ0v) is 10.1. The van der Waals surface area contributed by atoms with E-state index in [1.807, 2.05) is 6.07 Å². The lowest BCUT2D eigenvalue weighted by atomic mass is 9.89. The second-order valence-corrected chi connectivity index (χ2v) is 5.10. The molecule has 0 unspecified atom stereocenters. The second kappa shape index (κ2) is 4.60. The van der Waals surface area contributed by atoms with E-state index in [0.29, 0.717) is 6.42 Å². The van der Waals surface area contributed by atoms with Crippen LogP contribution in [0.3, 0.4) is 0 Å². The molecule has 1 heterocycles. The number of rotatable bonds is 4. The van der Waals surface area contributed by atoms with Gasteiger partial charge in [-0.15, -0.1) is 0 Å². The predicted octanol–water partition coefficient (Wildman–Crippen LogP) is 2.91. The molecule has 84 valence electrons. The first-order valence-corrected chi connectivity index (χ1v) is 5.49. The van der Waals surface area contributed by atoms with E-state index in [1.165, 1.54) is 0 Å². The van der Waals surface area contributed by atoms with Crippen LogP contribution in [0.5, 0.6) is 0 Å². The van der Waals surface area contributed by atoms with Crippen molar-refractivity contribution in [1.82, 2.24) is 9.78 Å². The van der Waals surface area contributed by atoms with Crippen molar-refractivity contribution in [2.24, 2.45) is 5.41 Å². The van der Waals surface area contributed by atoms with Crippen molar-refractivity contribution < 1.29 is 4.79 Å². The lowest BCUT2D eigenvalue weighted by Gasteiger charge is -2.17. The molecule has 3 heteroatoms. The van der Waals surface area contributed by atoms with Gasteiger partial charge in [-0.3, -0.25) is 9.48 Å². The van der Waals surface area contributed by atoms with Gasteiger partial charge in [-0.1, -0.05) is 27.7 Å². The minimum Gasteiger partial charge on any atom is -0.292 e. The Bertz CT molecular complexity index is 334. The zero-order chi connectivity index (χ0) is 11.5. The number of nitrogens with zero attached hydrogens (tertiary/aromatic N) is 2. The van der Waals surface area contributed by atoms with E-state index in [4.69, 9.17) is 0 Å². The minimum absolute atomic E-state index is 0.0401. The Morgan fingerprint density at radius 1 is 1.47 bits per heavy atom. The first kappa shape index (κ1) is 12.0. The fraction of sp³-hybridized carbons (Fsp3) is 0.667. The average Bonchev–Trinajstić information content (AvgIpc) is 2.49. The number of aryl methyl sites for hydroxylation is 1. The van der Waals surface area contributed by atoms with Crippen LogP contribution in [0.1, 0.15) is 51.0 Å². The van der Waals surface area contributed by atoms with Crippen LogP contribution in [0.2, 0.25) is 0 Å². The largest absolute Gasteiger partial charge is 0.292 e. The summed E-state index contributed by atoms with van der Waals surface area (Å²) in [6.45, 7) is 9.13. The molecule has 1 rings (SSSR count). The molecule has 1 aromatic rings. The van der Waals surface area contributed by atoms with Crippen molar-refractivity contribution in [1.29, 1.82) is 0 Å². The third-order valence-corrected chi connectivity index (χ3v) is 2.13. The van der Waals surface area contributed by atoms with E-state index in [2.05, 4.69) is 32.8 Å². The summed E-state index contributed by atoms with van der Waals surface area (Å²) in [4.78, 5) is 12.0. The molecule has 0 aliphatic heterocycles. The quantitative estimate of drug-likeness (QED) is 0.713. The first-order valence-electron chi connectivity index (χ1n) is 5.49. The number of carbonyl (C=O) groups excluding carboxylic acids is 1. The Labute approximate surface area is 91.5 Å². The van der Waals surface area contributed by atoms with Gasteiger partial charge in [0.25, 0.3) is 0 Å². The van der Waals surface area contributed by atoms with Gasteiger partial charge < -0.3 is 0 Å². The monoisotopic (exact) mass is 208 g/mol. The molecule has 0 aliphatic rings. The standard InChI is InChI=1S/C12H20N2O/c1-5-8-14-10(6-7-13-14)11(15)9-12(2,3)4/h6-7H,5,8-9H2,1-4H3. The average molecular weight is 208 g/mol. The number of hydrogen-bond acceptors (Lipinski definition) is 2. The van der Waals surface area contributed by atoms with Gasteiger partial charge in [-0.05, 0) is 17.9 Å². The van der Waals surface area contributed by atoms with Crippen LogP contribution in [0, 0.1) is 5.41 Å². The number of ketones is 1. The molecule has 0 spiro atoms. The molecule has 0 N–H and O–H groups in total. The van der Waals surface area contributed by atoms with E-state index in [9.17, 15) is 4.79 Å². The molecule has 15 heavy (non-hydrogen) atoms. The van der Waals surface area contributed by atoms with Crippen LogP contribution in [-0.4, -0.2) is 15.6 Å². The van der Waals surface area contributed by atoms with Gasteiger partial charge in [-0.25, -0.2) is 0 Å². The van der Waals surface area contributed by atoms with E-state index in [-0.39, 0.29) is 11.2 Å². The Hall–Kier alpha value is -1.12. The number of aromatic nitrogens is 2. The molecule has 0 aliphatic carbocycles. The summed E-state index contributed by atoms with van der Waals surface area (Å²) in [5, 5.41) is 4.15. The molecule has 0 fully saturated rings. The Morgan fingerprint density at radius 2 is 2.13 bits per heavy atom. The van der Waals surface area contributed by atoms with Crippen molar-refractivity contribution >= 4 is 5.78 Å². The van der Waals surface area contributed by atoms with E-state index in [0.717, 1.165) is 18.7 Å². The fourth-order valence-electron chi connectivity index (χ4n) is 1.53. The van der Waals surface area contributed by atoms with Gasteiger partial charge in [0, 0.05) is 19.2 Å². The summed E-state index contributed by atoms with van der Waals surface area (Å²) in [6.07, 6.45) is 3.27. The summed E-state index contributed by atoms with van der Waals surface area (Å²) >= 11 is 0. The van der Waals surface area contributed by atoms with Crippen LogP contribution in [0.25, 0.3) is 0 Å². The van der Waals surface area contributed by atoms with Crippen LogP contribution < -0.4 is 0 Å². The molecule has 0 atom stereocenters. The molecule has 0 saturated carbocycles. The normalized spacial score (nSPS) is 11.7. The first-order chi connectivity index (χ1) is 6.94. The molecule has 1 aromatic heterocycles. The van der Waals surface area contributed by atoms with Gasteiger partial charge in [0.2, 0.25) is 0 Å². The maximum Gasteiger partial charge on any atom is 0.181 e. The third kappa shape index (κ3) is 3.50. The van der Waals surface area contributed by atoms with Gasteiger partial charge in [-0.2, -0.15) is 5.10 Å². The summed E-state index contributed by atoms with van der Waals surface area (Å²) in [5.41, 5.74) is 0.782. The summed E-state index contributed by atoms with van der Waals surface area (Å²) in [6, 6.07) is 1.81. The molecule has 0 radical (unpaired) electrons. The Morgan fingerprint density at radius 3 is 2.67 bits per heavy atom. The molecular formula is C12H20N2O. The Balaban J connectivity index is 2.77. The highest BCUT2D eigenvalue weighted by molar-refractivity contribution is 5.94. The molecule has 3 nitrogen and oxygen atoms in total. The van der Waals surface area contributed by atoms with Crippen molar-refractivity contribution in [2.75, 3.05) is 0 Å². The van der Waals surface area contributed by atoms with E-state index >= 15 is 0 Å². The molecule has 0 saturated heterocycles. The summed E-state index contributed by atoms with van der Waals surface area (Å²) in [7, 11) is 0. The molecule has 0 bridgehead atoms. The van der Waals surface area contributed by atoms with Crippen molar-refractivity contribution in [3.63, 3.8) is 0 Å².